The van der Waals surface area contributed by atoms with Gasteiger partial charge < -0.3 is 14.2 Å². The van der Waals surface area contributed by atoms with Gasteiger partial charge in [0.1, 0.15) is 0 Å². The standard InChI is InChI=1S/C31H35N3O7S/c1-6-7-8-15-40-24-14-11-22(17-25(24)39-5)28-27(30(36)41-18-19(2)3)20(4)32-31-33(28)29(35)26(42-31)16-21-9-12-23(13-10-21)34(37)38/h9-14,16-17,19,28H,6-8,15,18H2,1-5H3/b26-16-. The lowest BCUT2D eigenvalue weighted by atomic mass is 9.95. The zero-order chi connectivity index (χ0) is 30.4. The van der Waals surface area contributed by atoms with Crippen molar-refractivity contribution in [2.45, 2.75) is 53.0 Å². The van der Waals surface area contributed by atoms with Gasteiger partial charge in [-0.1, -0.05) is 51.0 Å². The van der Waals surface area contributed by atoms with Crippen molar-refractivity contribution >= 4 is 29.1 Å². The van der Waals surface area contributed by atoms with Gasteiger partial charge in [0, 0.05) is 12.1 Å². The third kappa shape index (κ3) is 6.79. The average Bonchev–Trinajstić information content (AvgIpc) is 3.27. The molecule has 2 heterocycles. The summed E-state index contributed by atoms with van der Waals surface area (Å²) in [6.07, 6.45) is 4.71. The van der Waals surface area contributed by atoms with E-state index in [-0.39, 0.29) is 29.3 Å². The zero-order valence-electron chi connectivity index (χ0n) is 24.4. The largest absolute Gasteiger partial charge is 0.493 e. The summed E-state index contributed by atoms with van der Waals surface area (Å²) in [6.45, 7) is 8.52. The molecule has 0 aliphatic carbocycles. The number of unbranched alkanes of at least 4 members (excludes halogenated alkanes) is 2. The minimum absolute atomic E-state index is 0.0412. The molecule has 0 fully saturated rings. The SMILES string of the molecule is CCCCCOc1ccc(C2C(C(=O)OCC(C)C)=C(C)N=c3s/c(=C\c4ccc([N+](=O)[O-])cc4)c(=O)n32)cc1OC. The van der Waals surface area contributed by atoms with Crippen LogP contribution in [0.1, 0.15) is 64.1 Å². The molecule has 0 spiro atoms. The fourth-order valence-electron chi connectivity index (χ4n) is 4.57. The first kappa shape index (κ1) is 30.7. The Balaban J connectivity index is 1.83. The molecule has 222 valence electrons. The maximum atomic E-state index is 13.9. The lowest BCUT2D eigenvalue weighted by molar-refractivity contribution is -0.384. The highest BCUT2D eigenvalue weighted by atomic mass is 32.1. The number of nitro benzene ring substituents is 1. The van der Waals surface area contributed by atoms with Crippen molar-refractivity contribution in [2.24, 2.45) is 10.9 Å². The highest BCUT2D eigenvalue weighted by Crippen LogP contribution is 2.36. The summed E-state index contributed by atoms with van der Waals surface area (Å²) >= 11 is 1.18. The molecule has 3 aromatic rings. The second kappa shape index (κ2) is 13.6. The number of nitro groups is 1. The van der Waals surface area contributed by atoms with Gasteiger partial charge in [0.25, 0.3) is 11.2 Å². The van der Waals surface area contributed by atoms with Crippen LogP contribution in [0.3, 0.4) is 0 Å². The molecule has 1 aliphatic rings. The van der Waals surface area contributed by atoms with E-state index in [1.165, 1.54) is 28.0 Å². The Bertz CT molecular complexity index is 1670. The Kier molecular flexibility index (Phi) is 9.95. The van der Waals surface area contributed by atoms with Crippen LogP contribution >= 0.6 is 11.3 Å². The number of fused-ring (bicyclic) bond motifs is 1. The van der Waals surface area contributed by atoms with Crippen LogP contribution in [-0.4, -0.2) is 35.8 Å². The van der Waals surface area contributed by atoms with Crippen molar-refractivity contribution in [1.82, 2.24) is 4.57 Å². The molecular formula is C31H35N3O7S. The number of rotatable bonds is 12. The molecule has 0 amide bonds. The molecule has 10 nitrogen and oxygen atoms in total. The van der Waals surface area contributed by atoms with Crippen LogP contribution in [0.25, 0.3) is 6.08 Å². The molecule has 0 bridgehead atoms. The third-order valence-electron chi connectivity index (χ3n) is 6.70. The van der Waals surface area contributed by atoms with Gasteiger partial charge in [-0.25, -0.2) is 9.79 Å². The normalized spacial score (nSPS) is 14.9. The highest BCUT2D eigenvalue weighted by Gasteiger charge is 2.34. The number of nitrogens with zero attached hydrogens (tertiary/aromatic N) is 3. The molecule has 11 heteroatoms. The predicted molar refractivity (Wildman–Crippen MR) is 161 cm³/mol. The Morgan fingerprint density at radius 2 is 1.90 bits per heavy atom. The Labute approximate surface area is 247 Å². The van der Waals surface area contributed by atoms with E-state index >= 15 is 0 Å². The van der Waals surface area contributed by atoms with Crippen molar-refractivity contribution < 1.29 is 23.9 Å². The average molecular weight is 594 g/mol. The highest BCUT2D eigenvalue weighted by molar-refractivity contribution is 7.07. The van der Waals surface area contributed by atoms with Gasteiger partial charge in [0.2, 0.25) is 0 Å². The quantitative estimate of drug-likeness (QED) is 0.126. The summed E-state index contributed by atoms with van der Waals surface area (Å²) in [5, 5.41) is 11.0. The van der Waals surface area contributed by atoms with Crippen LogP contribution in [0, 0.1) is 16.0 Å². The summed E-state index contributed by atoms with van der Waals surface area (Å²) in [6, 6.07) is 10.5. The molecule has 1 atom stereocenters. The number of thiazole rings is 1. The number of carbonyl (C=O) groups excluding carboxylic acids is 1. The number of benzene rings is 2. The minimum Gasteiger partial charge on any atom is -0.493 e. The molecule has 4 rings (SSSR count). The minimum atomic E-state index is -0.817. The van der Waals surface area contributed by atoms with Crippen molar-refractivity contribution in [1.29, 1.82) is 0 Å². The Hall–Kier alpha value is -4.25. The molecule has 1 unspecified atom stereocenters. The Morgan fingerprint density at radius 3 is 2.55 bits per heavy atom. The molecule has 0 N–H and O–H groups in total. The van der Waals surface area contributed by atoms with Crippen LogP contribution in [0.4, 0.5) is 5.69 Å². The molecule has 0 radical (unpaired) electrons. The smallest absolute Gasteiger partial charge is 0.338 e. The van der Waals surface area contributed by atoms with E-state index in [0.29, 0.717) is 44.3 Å². The maximum Gasteiger partial charge on any atom is 0.338 e. The second-order valence-electron chi connectivity index (χ2n) is 10.4. The topological polar surface area (TPSA) is 122 Å². The number of esters is 1. The third-order valence-corrected chi connectivity index (χ3v) is 7.68. The number of allylic oxidation sites excluding steroid dienone is 1. The first-order valence-electron chi connectivity index (χ1n) is 13.9. The summed E-state index contributed by atoms with van der Waals surface area (Å²) in [5.41, 5.74) is 1.60. The van der Waals surface area contributed by atoms with Crippen molar-refractivity contribution in [3.63, 3.8) is 0 Å². The number of aromatic nitrogens is 1. The fraction of sp³-hybridized carbons (Fsp3) is 0.387. The van der Waals surface area contributed by atoms with Gasteiger partial charge >= 0.3 is 5.97 Å². The molecule has 2 aromatic carbocycles. The van der Waals surface area contributed by atoms with Crippen LogP contribution in [0.5, 0.6) is 11.5 Å². The Morgan fingerprint density at radius 1 is 1.17 bits per heavy atom. The van der Waals surface area contributed by atoms with Gasteiger partial charge in [-0.15, -0.1) is 0 Å². The first-order chi connectivity index (χ1) is 20.1. The maximum absolute atomic E-state index is 13.9. The number of carbonyl (C=O) groups is 1. The number of methoxy groups -OCH3 is 1. The summed E-state index contributed by atoms with van der Waals surface area (Å²) in [5.74, 6) is 0.646. The lowest BCUT2D eigenvalue weighted by Crippen LogP contribution is -2.40. The monoisotopic (exact) mass is 593 g/mol. The van der Waals surface area contributed by atoms with Gasteiger partial charge in [-0.3, -0.25) is 19.5 Å². The van der Waals surface area contributed by atoms with Crippen molar-refractivity contribution in [3.8, 4) is 11.5 Å². The number of hydrogen-bond donors (Lipinski definition) is 0. The number of hydrogen-bond acceptors (Lipinski definition) is 9. The molecule has 0 saturated heterocycles. The van der Waals surface area contributed by atoms with Gasteiger partial charge in [0.05, 0.1) is 47.1 Å². The molecule has 1 aliphatic heterocycles. The van der Waals surface area contributed by atoms with E-state index in [9.17, 15) is 19.7 Å². The number of non-ortho nitro benzene ring substituents is 1. The van der Waals surface area contributed by atoms with Gasteiger partial charge in [-0.05, 0) is 60.7 Å². The van der Waals surface area contributed by atoms with Crippen LogP contribution < -0.4 is 24.4 Å². The first-order valence-corrected chi connectivity index (χ1v) is 14.7. The summed E-state index contributed by atoms with van der Waals surface area (Å²) in [7, 11) is 1.55. The van der Waals surface area contributed by atoms with Crippen LogP contribution in [0.2, 0.25) is 0 Å². The van der Waals surface area contributed by atoms with Gasteiger partial charge in [0.15, 0.2) is 16.3 Å². The van der Waals surface area contributed by atoms with E-state index in [1.807, 2.05) is 19.9 Å². The van der Waals surface area contributed by atoms with E-state index < -0.39 is 16.9 Å². The van der Waals surface area contributed by atoms with Crippen molar-refractivity contribution in [2.75, 3.05) is 20.3 Å². The predicted octanol–water partition coefficient (Wildman–Crippen LogP) is 4.92. The van der Waals surface area contributed by atoms with Gasteiger partial charge in [-0.2, -0.15) is 0 Å². The van der Waals surface area contributed by atoms with E-state index in [0.717, 1.165) is 19.3 Å². The van der Waals surface area contributed by atoms with E-state index in [4.69, 9.17) is 14.2 Å². The second-order valence-corrected chi connectivity index (χ2v) is 11.4. The molecular weight excluding hydrogens is 558 g/mol. The fourth-order valence-corrected chi connectivity index (χ4v) is 5.62. The van der Waals surface area contributed by atoms with Crippen LogP contribution in [0.15, 0.2) is 63.5 Å². The van der Waals surface area contributed by atoms with Crippen molar-refractivity contribution in [3.05, 3.63) is 94.7 Å². The molecule has 42 heavy (non-hydrogen) atoms. The summed E-state index contributed by atoms with van der Waals surface area (Å²) in [4.78, 5) is 43.0. The lowest BCUT2D eigenvalue weighted by Gasteiger charge is -2.25. The van der Waals surface area contributed by atoms with E-state index in [1.54, 1.807) is 44.4 Å². The molecule has 0 saturated carbocycles. The molecule has 1 aromatic heterocycles. The zero-order valence-corrected chi connectivity index (χ0v) is 25.2. The van der Waals surface area contributed by atoms with Crippen LogP contribution in [-0.2, 0) is 9.53 Å². The number of ether oxygens (including phenoxy) is 3. The van der Waals surface area contributed by atoms with E-state index in [2.05, 4.69) is 11.9 Å². The summed E-state index contributed by atoms with van der Waals surface area (Å²) < 4.78 is 19.1.